The largest absolute Gasteiger partial charge is 0.352 e. The monoisotopic (exact) mass is 251 g/mol. The van der Waals surface area contributed by atoms with Crippen LogP contribution in [-0.2, 0) is 4.79 Å². The van der Waals surface area contributed by atoms with Crippen molar-refractivity contribution in [2.45, 2.75) is 50.6 Å². The zero-order valence-electron chi connectivity index (χ0n) is 11.2. The molecule has 3 atom stereocenters. The Hall–Kier alpha value is -0.610. The first kappa shape index (κ1) is 12.4. The Kier molecular flexibility index (Phi) is 3.85. The standard InChI is InChI=1S/C14H25N3O/c18-14(4-3-11-5-7-15-10-11)16-12-6-9-17-8-1-2-13(12)17/h11-13,15H,1-10H2,(H,16,18). The average molecular weight is 251 g/mol. The van der Waals surface area contributed by atoms with Crippen LogP contribution in [0.1, 0.15) is 38.5 Å². The van der Waals surface area contributed by atoms with Gasteiger partial charge in [-0.15, -0.1) is 0 Å². The van der Waals surface area contributed by atoms with Gasteiger partial charge in [-0.1, -0.05) is 0 Å². The lowest BCUT2D eigenvalue weighted by molar-refractivity contribution is -0.122. The Morgan fingerprint density at radius 1 is 1.28 bits per heavy atom. The minimum Gasteiger partial charge on any atom is -0.352 e. The normalized spacial score (nSPS) is 35.9. The minimum atomic E-state index is 0.278. The third-order valence-electron chi connectivity index (χ3n) is 4.89. The van der Waals surface area contributed by atoms with Gasteiger partial charge in [-0.2, -0.15) is 0 Å². The highest BCUT2D eigenvalue weighted by Crippen LogP contribution is 2.28. The topological polar surface area (TPSA) is 44.4 Å². The van der Waals surface area contributed by atoms with E-state index >= 15 is 0 Å². The lowest BCUT2D eigenvalue weighted by Crippen LogP contribution is -2.42. The van der Waals surface area contributed by atoms with Crippen molar-refractivity contribution in [3.63, 3.8) is 0 Å². The smallest absolute Gasteiger partial charge is 0.220 e. The molecule has 3 unspecified atom stereocenters. The Bertz CT molecular complexity index is 301. The number of fused-ring (bicyclic) bond motifs is 1. The molecule has 0 aromatic heterocycles. The first-order valence-electron chi connectivity index (χ1n) is 7.57. The summed E-state index contributed by atoms with van der Waals surface area (Å²) in [6.45, 7) is 4.66. The Labute approximate surface area is 109 Å². The highest BCUT2D eigenvalue weighted by atomic mass is 16.1. The maximum absolute atomic E-state index is 12.0. The molecule has 0 radical (unpaired) electrons. The van der Waals surface area contributed by atoms with Crippen LogP contribution in [0.25, 0.3) is 0 Å². The van der Waals surface area contributed by atoms with Crippen molar-refractivity contribution < 1.29 is 4.79 Å². The molecule has 0 spiro atoms. The van der Waals surface area contributed by atoms with Gasteiger partial charge in [0.05, 0.1) is 0 Å². The van der Waals surface area contributed by atoms with E-state index < -0.39 is 0 Å². The molecule has 0 aliphatic carbocycles. The maximum Gasteiger partial charge on any atom is 0.220 e. The molecule has 0 aromatic carbocycles. The van der Waals surface area contributed by atoms with Crippen LogP contribution in [0.5, 0.6) is 0 Å². The van der Waals surface area contributed by atoms with Gasteiger partial charge in [0.2, 0.25) is 5.91 Å². The van der Waals surface area contributed by atoms with Crippen LogP contribution in [0.3, 0.4) is 0 Å². The molecule has 3 fully saturated rings. The van der Waals surface area contributed by atoms with Crippen molar-refractivity contribution in [2.24, 2.45) is 5.92 Å². The van der Waals surface area contributed by atoms with E-state index in [1.54, 1.807) is 0 Å². The quantitative estimate of drug-likeness (QED) is 0.774. The molecular formula is C14H25N3O. The second-order valence-corrected chi connectivity index (χ2v) is 6.11. The molecule has 0 aromatic rings. The Morgan fingerprint density at radius 3 is 3.06 bits per heavy atom. The maximum atomic E-state index is 12.0. The number of nitrogens with zero attached hydrogens (tertiary/aromatic N) is 1. The van der Waals surface area contributed by atoms with E-state index in [9.17, 15) is 4.79 Å². The summed E-state index contributed by atoms with van der Waals surface area (Å²) in [4.78, 5) is 14.5. The molecule has 0 bridgehead atoms. The molecule has 3 aliphatic rings. The SMILES string of the molecule is O=C(CCC1CCNC1)NC1CCN2CCCC12. The summed E-state index contributed by atoms with van der Waals surface area (Å²) in [5.74, 6) is 1.00. The van der Waals surface area contributed by atoms with Crippen molar-refractivity contribution in [1.82, 2.24) is 15.5 Å². The molecule has 1 amide bonds. The Balaban J connectivity index is 1.40. The molecule has 4 heteroatoms. The van der Waals surface area contributed by atoms with E-state index in [2.05, 4.69) is 15.5 Å². The average Bonchev–Trinajstić information content (AvgIpc) is 3.05. The lowest BCUT2D eigenvalue weighted by Gasteiger charge is -2.21. The number of carbonyl (C=O) groups is 1. The highest BCUT2D eigenvalue weighted by molar-refractivity contribution is 5.76. The molecule has 3 rings (SSSR count). The summed E-state index contributed by atoms with van der Waals surface area (Å²) in [5, 5.41) is 6.63. The lowest BCUT2D eigenvalue weighted by atomic mass is 10.0. The van der Waals surface area contributed by atoms with Crippen molar-refractivity contribution in [3.8, 4) is 0 Å². The number of hydrogen-bond acceptors (Lipinski definition) is 3. The zero-order valence-corrected chi connectivity index (χ0v) is 11.2. The van der Waals surface area contributed by atoms with Crippen LogP contribution in [-0.4, -0.2) is 49.1 Å². The van der Waals surface area contributed by atoms with Gasteiger partial charge in [0, 0.05) is 25.0 Å². The van der Waals surface area contributed by atoms with Crippen LogP contribution in [0.4, 0.5) is 0 Å². The van der Waals surface area contributed by atoms with Crippen molar-refractivity contribution in [3.05, 3.63) is 0 Å². The van der Waals surface area contributed by atoms with Gasteiger partial charge in [-0.05, 0) is 57.7 Å². The van der Waals surface area contributed by atoms with Gasteiger partial charge in [-0.3, -0.25) is 9.69 Å². The fourth-order valence-electron chi connectivity index (χ4n) is 3.83. The van der Waals surface area contributed by atoms with Crippen LogP contribution in [0.2, 0.25) is 0 Å². The number of carbonyl (C=O) groups excluding carboxylic acids is 1. The Morgan fingerprint density at radius 2 is 2.22 bits per heavy atom. The summed E-state index contributed by atoms with van der Waals surface area (Å²) in [6, 6.07) is 1.07. The van der Waals surface area contributed by atoms with E-state index in [0.29, 0.717) is 12.1 Å². The van der Waals surface area contributed by atoms with Gasteiger partial charge >= 0.3 is 0 Å². The van der Waals surface area contributed by atoms with Gasteiger partial charge in [0.1, 0.15) is 0 Å². The number of rotatable bonds is 4. The summed E-state index contributed by atoms with van der Waals surface area (Å²) in [5.41, 5.74) is 0. The van der Waals surface area contributed by atoms with Crippen molar-refractivity contribution in [1.29, 1.82) is 0 Å². The molecule has 3 aliphatic heterocycles. The van der Waals surface area contributed by atoms with E-state index in [4.69, 9.17) is 0 Å². The van der Waals surface area contributed by atoms with Crippen molar-refractivity contribution in [2.75, 3.05) is 26.2 Å². The molecule has 0 saturated carbocycles. The fraction of sp³-hybridized carbons (Fsp3) is 0.929. The second-order valence-electron chi connectivity index (χ2n) is 6.11. The first-order valence-corrected chi connectivity index (χ1v) is 7.57. The molecule has 18 heavy (non-hydrogen) atoms. The van der Waals surface area contributed by atoms with E-state index in [-0.39, 0.29) is 5.91 Å². The van der Waals surface area contributed by atoms with Crippen LogP contribution in [0.15, 0.2) is 0 Å². The molecule has 102 valence electrons. The van der Waals surface area contributed by atoms with Crippen LogP contribution in [0, 0.1) is 5.92 Å². The summed E-state index contributed by atoms with van der Waals surface area (Å²) < 4.78 is 0. The second kappa shape index (κ2) is 5.57. The predicted octanol–water partition coefficient (Wildman–Crippen LogP) is 0.729. The number of hydrogen-bond donors (Lipinski definition) is 2. The van der Waals surface area contributed by atoms with Gasteiger partial charge in [-0.25, -0.2) is 0 Å². The van der Waals surface area contributed by atoms with Gasteiger partial charge in [0.15, 0.2) is 0 Å². The molecule has 4 nitrogen and oxygen atoms in total. The van der Waals surface area contributed by atoms with Crippen molar-refractivity contribution >= 4 is 5.91 Å². The fourth-order valence-corrected chi connectivity index (χ4v) is 3.83. The summed E-state index contributed by atoms with van der Waals surface area (Å²) in [7, 11) is 0. The summed E-state index contributed by atoms with van der Waals surface area (Å²) >= 11 is 0. The zero-order chi connectivity index (χ0) is 12.4. The summed E-state index contributed by atoms with van der Waals surface area (Å²) in [6.07, 6.45) is 6.76. The molecule has 2 N–H and O–H groups in total. The first-order chi connectivity index (χ1) is 8.83. The third kappa shape index (κ3) is 2.69. The highest BCUT2D eigenvalue weighted by Gasteiger charge is 2.37. The van der Waals surface area contributed by atoms with E-state index in [1.165, 1.54) is 32.4 Å². The molecule has 3 saturated heterocycles. The van der Waals surface area contributed by atoms with Gasteiger partial charge < -0.3 is 10.6 Å². The van der Waals surface area contributed by atoms with Crippen LogP contribution >= 0.6 is 0 Å². The van der Waals surface area contributed by atoms with Crippen LogP contribution < -0.4 is 10.6 Å². The molecular weight excluding hydrogens is 226 g/mol. The van der Waals surface area contributed by atoms with E-state index in [0.717, 1.165) is 38.3 Å². The minimum absolute atomic E-state index is 0.278. The number of nitrogens with one attached hydrogen (secondary N) is 2. The predicted molar refractivity (Wildman–Crippen MR) is 71.4 cm³/mol. The van der Waals surface area contributed by atoms with E-state index in [1.807, 2.05) is 0 Å². The third-order valence-corrected chi connectivity index (χ3v) is 4.89. The molecule has 3 heterocycles. The van der Waals surface area contributed by atoms with Gasteiger partial charge in [0.25, 0.3) is 0 Å². The number of amides is 1.